The van der Waals surface area contributed by atoms with Crippen molar-refractivity contribution in [3.05, 3.63) is 45.6 Å². The van der Waals surface area contributed by atoms with E-state index in [1.807, 2.05) is 4.90 Å². The van der Waals surface area contributed by atoms with Crippen LogP contribution >= 0.6 is 11.3 Å². The summed E-state index contributed by atoms with van der Waals surface area (Å²) < 4.78 is 0. The molecule has 1 aromatic heterocycles. The molecule has 0 saturated carbocycles. The van der Waals surface area contributed by atoms with Gasteiger partial charge in [-0.05, 0) is 48.1 Å². The second-order valence-corrected chi connectivity index (χ2v) is 6.36. The van der Waals surface area contributed by atoms with E-state index in [-0.39, 0.29) is 11.9 Å². The van der Waals surface area contributed by atoms with Crippen LogP contribution in [0.3, 0.4) is 0 Å². The number of nitrogens with two attached hydrogens (primary N) is 2. The summed E-state index contributed by atoms with van der Waals surface area (Å²) >= 11 is 1.78. The van der Waals surface area contributed by atoms with Crippen molar-refractivity contribution in [3.8, 4) is 0 Å². The van der Waals surface area contributed by atoms with Crippen molar-refractivity contribution in [2.45, 2.75) is 25.8 Å². The number of rotatable bonds is 2. The van der Waals surface area contributed by atoms with Crippen LogP contribution in [0.25, 0.3) is 0 Å². The van der Waals surface area contributed by atoms with Crippen LogP contribution in [-0.4, -0.2) is 17.4 Å². The van der Waals surface area contributed by atoms with Crippen molar-refractivity contribution in [1.29, 1.82) is 0 Å². The van der Waals surface area contributed by atoms with E-state index in [4.69, 9.17) is 11.5 Å². The van der Waals surface area contributed by atoms with E-state index in [0.29, 0.717) is 16.9 Å². The lowest BCUT2D eigenvalue weighted by atomic mass is 9.96. The van der Waals surface area contributed by atoms with Gasteiger partial charge in [-0.3, -0.25) is 4.79 Å². The van der Waals surface area contributed by atoms with E-state index in [0.717, 1.165) is 19.4 Å². The Kier molecular flexibility index (Phi) is 3.59. The molecule has 1 aliphatic heterocycles. The molecule has 1 atom stereocenters. The van der Waals surface area contributed by atoms with Crippen molar-refractivity contribution in [1.82, 2.24) is 4.90 Å². The maximum atomic E-state index is 12.8. The monoisotopic (exact) mass is 301 g/mol. The van der Waals surface area contributed by atoms with Crippen LogP contribution in [-0.2, 0) is 6.42 Å². The zero-order valence-corrected chi connectivity index (χ0v) is 12.8. The fraction of sp³-hybridized carbons (Fsp3) is 0.312. The summed E-state index contributed by atoms with van der Waals surface area (Å²) in [6.45, 7) is 2.87. The molecule has 110 valence electrons. The standard InChI is InChI=1S/C16H19N3OS/c1-2-14-13-4-6-21-15(13)3-5-19(14)16(20)10-7-11(17)9-12(18)8-10/h4,6-9,14H,2-3,5,17-18H2,1H3. The van der Waals surface area contributed by atoms with E-state index >= 15 is 0 Å². The molecule has 4 N–H and O–H groups in total. The number of anilines is 2. The first-order chi connectivity index (χ1) is 10.1. The van der Waals surface area contributed by atoms with E-state index in [9.17, 15) is 4.79 Å². The van der Waals surface area contributed by atoms with E-state index < -0.39 is 0 Å². The lowest BCUT2D eigenvalue weighted by Crippen LogP contribution is -2.39. The van der Waals surface area contributed by atoms with Crippen LogP contribution in [0.2, 0.25) is 0 Å². The predicted octanol–water partition coefficient (Wildman–Crippen LogP) is 3.06. The maximum absolute atomic E-state index is 12.8. The maximum Gasteiger partial charge on any atom is 0.254 e. The Hall–Kier alpha value is -2.01. The quantitative estimate of drug-likeness (QED) is 0.837. The molecule has 1 unspecified atom stereocenters. The first kappa shape index (κ1) is 13.9. The van der Waals surface area contributed by atoms with Gasteiger partial charge in [0.1, 0.15) is 0 Å². The zero-order valence-electron chi connectivity index (χ0n) is 12.0. The molecule has 4 nitrogen and oxygen atoms in total. The van der Waals surface area contributed by atoms with E-state index in [2.05, 4.69) is 18.4 Å². The number of hydrogen-bond acceptors (Lipinski definition) is 4. The first-order valence-electron chi connectivity index (χ1n) is 7.13. The van der Waals surface area contributed by atoms with Crippen LogP contribution in [0.1, 0.15) is 40.2 Å². The third kappa shape index (κ3) is 2.49. The normalized spacial score (nSPS) is 17.6. The highest BCUT2D eigenvalue weighted by atomic mass is 32.1. The van der Waals surface area contributed by atoms with Gasteiger partial charge in [-0.2, -0.15) is 0 Å². The number of nitrogen functional groups attached to an aromatic ring is 2. The highest BCUT2D eigenvalue weighted by molar-refractivity contribution is 7.10. The number of fused-ring (bicyclic) bond motifs is 1. The minimum absolute atomic E-state index is 0.0118. The summed E-state index contributed by atoms with van der Waals surface area (Å²) in [6.07, 6.45) is 1.83. The molecule has 1 aromatic carbocycles. The van der Waals surface area contributed by atoms with Gasteiger partial charge in [0.15, 0.2) is 0 Å². The molecular weight excluding hydrogens is 282 g/mol. The molecule has 2 aromatic rings. The van der Waals surface area contributed by atoms with Gasteiger partial charge in [-0.15, -0.1) is 11.3 Å². The summed E-state index contributed by atoms with van der Waals surface area (Å²) in [4.78, 5) is 16.2. The largest absolute Gasteiger partial charge is 0.399 e. The molecule has 1 aliphatic rings. The SMILES string of the molecule is CCC1c2ccsc2CCN1C(=O)c1cc(N)cc(N)c1. The second-order valence-electron chi connectivity index (χ2n) is 5.36. The van der Waals surface area contributed by atoms with Gasteiger partial charge in [0.05, 0.1) is 6.04 Å². The number of carbonyl (C=O) groups excluding carboxylic acids is 1. The third-order valence-electron chi connectivity index (χ3n) is 3.97. The smallest absolute Gasteiger partial charge is 0.254 e. The zero-order chi connectivity index (χ0) is 15.0. The van der Waals surface area contributed by atoms with E-state index in [1.54, 1.807) is 29.5 Å². The Labute approximate surface area is 128 Å². The molecule has 2 heterocycles. The van der Waals surface area contributed by atoms with Crippen molar-refractivity contribution in [2.75, 3.05) is 18.0 Å². The Morgan fingerprint density at radius 2 is 2.05 bits per heavy atom. The summed E-state index contributed by atoms with van der Waals surface area (Å²) in [5.74, 6) is 0.0118. The van der Waals surface area contributed by atoms with Gasteiger partial charge in [-0.1, -0.05) is 6.92 Å². The minimum atomic E-state index is 0.0118. The third-order valence-corrected chi connectivity index (χ3v) is 4.96. The number of carbonyl (C=O) groups is 1. The Morgan fingerprint density at radius 1 is 1.33 bits per heavy atom. The molecule has 3 rings (SSSR count). The predicted molar refractivity (Wildman–Crippen MR) is 87.4 cm³/mol. The topological polar surface area (TPSA) is 72.3 Å². The molecule has 0 radical (unpaired) electrons. The molecule has 1 amide bonds. The van der Waals surface area contributed by atoms with Crippen molar-refractivity contribution in [2.24, 2.45) is 0 Å². The molecule has 0 spiro atoms. The van der Waals surface area contributed by atoms with Crippen LogP contribution in [0, 0.1) is 0 Å². The summed E-state index contributed by atoms with van der Waals surface area (Å²) in [6, 6.07) is 7.36. The van der Waals surface area contributed by atoms with Gasteiger partial charge < -0.3 is 16.4 Å². The van der Waals surface area contributed by atoms with Crippen LogP contribution in [0.4, 0.5) is 11.4 Å². The molecule has 0 saturated heterocycles. The van der Waals surface area contributed by atoms with E-state index in [1.165, 1.54) is 10.4 Å². The number of thiophene rings is 1. The lowest BCUT2D eigenvalue weighted by molar-refractivity contribution is 0.0657. The van der Waals surface area contributed by atoms with Gasteiger partial charge in [0, 0.05) is 28.4 Å². The average Bonchev–Trinajstić information content (AvgIpc) is 2.92. The van der Waals surface area contributed by atoms with Gasteiger partial charge in [0.25, 0.3) is 5.91 Å². The molecular formula is C16H19N3OS. The summed E-state index contributed by atoms with van der Waals surface area (Å²) in [5.41, 5.74) is 14.5. The number of benzene rings is 1. The van der Waals surface area contributed by atoms with Crippen LogP contribution < -0.4 is 11.5 Å². The minimum Gasteiger partial charge on any atom is -0.399 e. The number of hydrogen-bond donors (Lipinski definition) is 2. The Morgan fingerprint density at radius 3 is 2.71 bits per heavy atom. The number of nitrogens with zero attached hydrogens (tertiary/aromatic N) is 1. The van der Waals surface area contributed by atoms with Gasteiger partial charge >= 0.3 is 0 Å². The molecule has 21 heavy (non-hydrogen) atoms. The van der Waals surface area contributed by atoms with Crippen molar-refractivity contribution in [3.63, 3.8) is 0 Å². The Balaban J connectivity index is 1.94. The van der Waals surface area contributed by atoms with Crippen molar-refractivity contribution >= 4 is 28.6 Å². The lowest BCUT2D eigenvalue weighted by Gasteiger charge is -2.35. The molecule has 0 aliphatic carbocycles. The van der Waals surface area contributed by atoms with Crippen LogP contribution in [0.15, 0.2) is 29.6 Å². The fourth-order valence-electron chi connectivity index (χ4n) is 3.05. The van der Waals surface area contributed by atoms with Crippen LogP contribution in [0.5, 0.6) is 0 Å². The molecule has 0 bridgehead atoms. The average molecular weight is 301 g/mol. The first-order valence-corrected chi connectivity index (χ1v) is 8.01. The highest BCUT2D eigenvalue weighted by Crippen LogP contribution is 2.36. The van der Waals surface area contributed by atoms with Gasteiger partial charge in [0.2, 0.25) is 0 Å². The fourth-order valence-corrected chi connectivity index (χ4v) is 3.97. The Bertz CT molecular complexity index is 660. The summed E-state index contributed by atoms with van der Waals surface area (Å²) in [7, 11) is 0. The highest BCUT2D eigenvalue weighted by Gasteiger charge is 2.30. The summed E-state index contributed by atoms with van der Waals surface area (Å²) in [5, 5.41) is 2.11. The molecule has 0 fully saturated rings. The van der Waals surface area contributed by atoms with Gasteiger partial charge in [-0.25, -0.2) is 0 Å². The van der Waals surface area contributed by atoms with Crippen molar-refractivity contribution < 1.29 is 4.79 Å². The molecule has 5 heteroatoms. The number of amides is 1. The second kappa shape index (κ2) is 5.41.